The molecule has 2 heterocycles. The van der Waals surface area contributed by atoms with Crippen molar-refractivity contribution in [3.8, 4) is 17.6 Å². The third-order valence-electron chi connectivity index (χ3n) is 7.03. The minimum Gasteiger partial charge on any atom is -0.493 e. The summed E-state index contributed by atoms with van der Waals surface area (Å²) in [6.07, 6.45) is 3.45. The topological polar surface area (TPSA) is 103 Å². The van der Waals surface area contributed by atoms with E-state index in [9.17, 15) is 9.59 Å². The first kappa shape index (κ1) is 32.3. The molecular formula is C34H30BrN3O5S2. The number of benzene rings is 3. The molecule has 0 unspecified atom stereocenters. The molecule has 0 aliphatic carbocycles. The van der Waals surface area contributed by atoms with Crippen LogP contribution in [0, 0.1) is 11.3 Å². The third-order valence-corrected chi connectivity index (χ3v) is 9.35. The van der Waals surface area contributed by atoms with Crippen molar-refractivity contribution in [1.82, 2.24) is 4.57 Å². The van der Waals surface area contributed by atoms with Gasteiger partial charge >= 0.3 is 5.97 Å². The number of thiazole rings is 1. The Kier molecular flexibility index (Phi) is 9.97. The molecule has 0 bridgehead atoms. The molecule has 1 aromatic heterocycles. The van der Waals surface area contributed by atoms with E-state index in [-0.39, 0.29) is 18.3 Å². The number of allylic oxidation sites excluding steroid dienone is 1. The summed E-state index contributed by atoms with van der Waals surface area (Å²) < 4.78 is 20.0. The van der Waals surface area contributed by atoms with Crippen LogP contribution in [0.1, 0.15) is 49.1 Å². The van der Waals surface area contributed by atoms with Gasteiger partial charge in [0.25, 0.3) is 5.56 Å². The van der Waals surface area contributed by atoms with Gasteiger partial charge in [0.05, 0.1) is 51.2 Å². The van der Waals surface area contributed by atoms with Crippen LogP contribution >= 0.6 is 39.0 Å². The lowest BCUT2D eigenvalue weighted by Gasteiger charge is -2.25. The highest BCUT2D eigenvalue weighted by molar-refractivity contribution is 9.10. The van der Waals surface area contributed by atoms with Gasteiger partial charge in [-0.25, -0.2) is 9.79 Å². The van der Waals surface area contributed by atoms with Gasteiger partial charge in [-0.05, 0) is 102 Å². The number of esters is 1. The van der Waals surface area contributed by atoms with Crippen LogP contribution in [0.4, 0.5) is 0 Å². The van der Waals surface area contributed by atoms with E-state index >= 15 is 0 Å². The van der Waals surface area contributed by atoms with Crippen molar-refractivity contribution >= 4 is 51.1 Å². The van der Waals surface area contributed by atoms with E-state index in [1.807, 2.05) is 48.7 Å². The van der Waals surface area contributed by atoms with Crippen LogP contribution in [0.2, 0.25) is 0 Å². The second kappa shape index (κ2) is 13.9. The lowest BCUT2D eigenvalue weighted by molar-refractivity contribution is -0.143. The molecule has 230 valence electrons. The third kappa shape index (κ3) is 6.93. The number of nitrogens with zero attached hydrogens (tertiary/aromatic N) is 3. The Morgan fingerprint density at radius 2 is 1.89 bits per heavy atom. The van der Waals surface area contributed by atoms with Crippen molar-refractivity contribution in [3.05, 3.63) is 118 Å². The van der Waals surface area contributed by atoms with Gasteiger partial charge in [-0.1, -0.05) is 35.6 Å². The number of ether oxygens (including phenoxy) is 3. The van der Waals surface area contributed by atoms with Crippen molar-refractivity contribution in [2.24, 2.45) is 4.99 Å². The SMILES string of the molecule is COc1cc(/C=c2\sc3n(c2=O)[C@H](c2ccc(SC)cc2)C(C(=O)OC(C)C)=C(C)N=3)cc(Br)c1OCc1ccc(C#N)cc1. The largest absolute Gasteiger partial charge is 0.493 e. The molecule has 0 saturated carbocycles. The number of halogens is 1. The zero-order valence-corrected chi connectivity index (χ0v) is 28.5. The molecule has 1 atom stereocenters. The fourth-order valence-electron chi connectivity index (χ4n) is 4.91. The predicted octanol–water partition coefficient (Wildman–Crippen LogP) is 6.13. The second-order valence-electron chi connectivity index (χ2n) is 10.4. The Bertz CT molecular complexity index is 2010. The molecule has 5 rings (SSSR count). The van der Waals surface area contributed by atoms with Gasteiger partial charge < -0.3 is 14.2 Å². The fraction of sp³-hybridized carbons (Fsp3) is 0.235. The average molecular weight is 705 g/mol. The van der Waals surface area contributed by atoms with Crippen molar-refractivity contribution in [2.45, 2.75) is 44.4 Å². The minimum atomic E-state index is -0.690. The highest BCUT2D eigenvalue weighted by Gasteiger charge is 2.33. The number of carbonyl (C=O) groups excluding carboxylic acids is 1. The number of thioether (sulfide) groups is 1. The standard InChI is InChI=1S/C34H30BrN3O5S2/c1-19(2)43-33(40)29-20(3)37-34-38(30(29)24-10-12-25(44-5)13-11-24)32(39)28(45-34)16-23-14-26(35)31(27(15-23)41-4)42-18-22-8-6-21(17-36)7-9-22/h6-16,19,30H,18H2,1-5H3/b28-16-/t30-/m1/s1. The molecule has 1 aliphatic rings. The summed E-state index contributed by atoms with van der Waals surface area (Å²) >= 11 is 6.47. The maximum atomic E-state index is 14.0. The number of nitriles is 1. The molecule has 0 fully saturated rings. The van der Waals surface area contributed by atoms with Crippen LogP contribution < -0.4 is 24.4 Å². The highest BCUT2D eigenvalue weighted by Crippen LogP contribution is 2.37. The van der Waals surface area contributed by atoms with E-state index in [1.54, 1.807) is 68.5 Å². The summed E-state index contributed by atoms with van der Waals surface area (Å²) in [5.74, 6) is 0.501. The lowest BCUT2D eigenvalue weighted by Crippen LogP contribution is -2.40. The lowest BCUT2D eigenvalue weighted by atomic mass is 9.96. The fourth-order valence-corrected chi connectivity index (χ4v) is 6.94. The zero-order valence-electron chi connectivity index (χ0n) is 25.3. The molecule has 0 spiro atoms. The number of hydrogen-bond acceptors (Lipinski definition) is 9. The van der Waals surface area contributed by atoms with E-state index in [0.717, 1.165) is 16.0 Å². The summed E-state index contributed by atoms with van der Waals surface area (Å²) in [4.78, 5) is 33.6. The van der Waals surface area contributed by atoms with E-state index in [2.05, 4.69) is 27.0 Å². The average Bonchev–Trinajstić information content (AvgIpc) is 3.33. The number of aromatic nitrogens is 1. The molecule has 0 radical (unpaired) electrons. The van der Waals surface area contributed by atoms with Gasteiger partial charge in [0.15, 0.2) is 16.3 Å². The Morgan fingerprint density at radius 3 is 2.51 bits per heavy atom. The van der Waals surface area contributed by atoms with Gasteiger partial charge in [0.1, 0.15) is 6.61 Å². The normalized spacial score (nSPS) is 14.5. The zero-order chi connectivity index (χ0) is 32.2. The maximum absolute atomic E-state index is 14.0. The second-order valence-corrected chi connectivity index (χ2v) is 13.2. The van der Waals surface area contributed by atoms with Crippen molar-refractivity contribution in [1.29, 1.82) is 5.26 Å². The summed E-state index contributed by atoms with van der Waals surface area (Å²) in [6.45, 7) is 5.63. The van der Waals surface area contributed by atoms with Crippen LogP contribution in [0.25, 0.3) is 6.08 Å². The Balaban J connectivity index is 1.55. The first-order valence-corrected chi connectivity index (χ1v) is 16.8. The first-order chi connectivity index (χ1) is 21.6. The summed E-state index contributed by atoms with van der Waals surface area (Å²) in [6, 6.07) is 20.1. The van der Waals surface area contributed by atoms with Gasteiger partial charge in [-0.15, -0.1) is 11.8 Å². The van der Waals surface area contributed by atoms with Gasteiger partial charge in [0, 0.05) is 4.90 Å². The maximum Gasteiger partial charge on any atom is 0.338 e. The molecule has 3 aromatic carbocycles. The van der Waals surface area contributed by atoms with Crippen LogP contribution in [0.15, 0.2) is 91.1 Å². The van der Waals surface area contributed by atoms with Crippen LogP contribution in [-0.2, 0) is 16.1 Å². The molecule has 4 aromatic rings. The minimum absolute atomic E-state index is 0.267. The predicted molar refractivity (Wildman–Crippen MR) is 179 cm³/mol. The quantitative estimate of drug-likeness (QED) is 0.153. The molecule has 0 N–H and O–H groups in total. The Hall–Kier alpha value is -4.11. The molecule has 11 heteroatoms. The van der Waals surface area contributed by atoms with E-state index in [4.69, 9.17) is 19.5 Å². The van der Waals surface area contributed by atoms with Crippen molar-refractivity contribution in [2.75, 3.05) is 13.4 Å². The Morgan fingerprint density at radius 1 is 1.18 bits per heavy atom. The number of fused-ring (bicyclic) bond motifs is 1. The van der Waals surface area contributed by atoms with Crippen molar-refractivity contribution < 1.29 is 19.0 Å². The van der Waals surface area contributed by atoms with Gasteiger partial charge in [-0.3, -0.25) is 9.36 Å². The summed E-state index contributed by atoms with van der Waals surface area (Å²) in [7, 11) is 1.55. The van der Waals surface area contributed by atoms with E-state index in [1.165, 1.54) is 11.3 Å². The smallest absolute Gasteiger partial charge is 0.338 e. The number of hydrogen-bond donors (Lipinski definition) is 0. The van der Waals surface area contributed by atoms with Crippen molar-refractivity contribution in [3.63, 3.8) is 0 Å². The molecule has 0 amide bonds. The highest BCUT2D eigenvalue weighted by atomic mass is 79.9. The first-order valence-electron chi connectivity index (χ1n) is 14.0. The number of carbonyl (C=O) groups is 1. The van der Waals surface area contributed by atoms with Gasteiger partial charge in [-0.2, -0.15) is 5.26 Å². The van der Waals surface area contributed by atoms with Crippen LogP contribution in [-0.4, -0.2) is 30.0 Å². The number of rotatable bonds is 9. The summed E-state index contributed by atoms with van der Waals surface area (Å²) in [5.41, 5.74) is 3.57. The molecule has 0 saturated heterocycles. The molecule has 45 heavy (non-hydrogen) atoms. The van der Waals surface area contributed by atoms with Crippen LogP contribution in [0.3, 0.4) is 0 Å². The number of methoxy groups -OCH3 is 1. The van der Waals surface area contributed by atoms with E-state index < -0.39 is 12.0 Å². The monoisotopic (exact) mass is 703 g/mol. The van der Waals surface area contributed by atoms with Gasteiger partial charge in [0.2, 0.25) is 0 Å². The van der Waals surface area contributed by atoms with E-state index in [0.29, 0.717) is 47.7 Å². The molecular weight excluding hydrogens is 674 g/mol. The molecule has 1 aliphatic heterocycles. The molecule has 8 nitrogen and oxygen atoms in total. The van der Waals surface area contributed by atoms with Crippen LogP contribution in [0.5, 0.6) is 11.5 Å². The summed E-state index contributed by atoms with van der Waals surface area (Å²) in [5, 5.41) is 9.04. The Labute approximate surface area is 277 Å².